The largest absolute Gasteiger partial charge is 0.491 e. The van der Waals surface area contributed by atoms with Crippen LogP contribution in [0, 0.1) is 6.92 Å². The van der Waals surface area contributed by atoms with Gasteiger partial charge in [0.25, 0.3) is 5.91 Å². The molecule has 1 fully saturated rings. The molecule has 0 unspecified atom stereocenters. The van der Waals surface area contributed by atoms with Crippen LogP contribution in [0.4, 0.5) is 0 Å². The lowest BCUT2D eigenvalue weighted by molar-refractivity contribution is -0.115. The highest BCUT2D eigenvalue weighted by Crippen LogP contribution is 2.38. The normalized spacial score (nSPS) is 14.5. The number of carbonyl (C=O) groups excluding carboxylic acids is 1. The fourth-order valence-corrected chi connectivity index (χ4v) is 4.12. The van der Waals surface area contributed by atoms with E-state index in [2.05, 4.69) is 5.32 Å². The van der Waals surface area contributed by atoms with E-state index in [0.717, 1.165) is 11.3 Å². The van der Waals surface area contributed by atoms with E-state index in [-0.39, 0.29) is 5.91 Å². The van der Waals surface area contributed by atoms with Crippen LogP contribution >= 0.6 is 35.6 Å². The molecule has 0 aromatic heterocycles. The molecule has 0 spiro atoms. The van der Waals surface area contributed by atoms with Crippen molar-refractivity contribution in [2.45, 2.75) is 13.8 Å². The van der Waals surface area contributed by atoms with Crippen molar-refractivity contribution in [3.05, 3.63) is 57.5 Å². The third-order valence-electron chi connectivity index (χ3n) is 4.26. The van der Waals surface area contributed by atoms with Crippen molar-refractivity contribution in [2.75, 3.05) is 33.0 Å². The van der Waals surface area contributed by atoms with Crippen LogP contribution in [0.3, 0.4) is 0 Å². The number of ether oxygens (including phenoxy) is 4. The molecule has 1 saturated heterocycles. The van der Waals surface area contributed by atoms with E-state index in [1.165, 1.54) is 17.3 Å². The van der Waals surface area contributed by atoms with Crippen molar-refractivity contribution in [3.8, 4) is 17.2 Å². The molecule has 2 aromatic rings. The van der Waals surface area contributed by atoms with Gasteiger partial charge in [0, 0.05) is 0 Å². The second-order valence-electron chi connectivity index (χ2n) is 6.74. The molecule has 9 heteroatoms. The summed E-state index contributed by atoms with van der Waals surface area (Å²) in [7, 11) is 0. The Hall–Kier alpha value is -2.26. The van der Waals surface area contributed by atoms with Gasteiger partial charge < -0.3 is 24.3 Å². The van der Waals surface area contributed by atoms with E-state index in [1.54, 1.807) is 18.2 Å². The Morgan fingerprint density at radius 3 is 2.44 bits per heavy atom. The smallest absolute Gasteiger partial charge is 0.263 e. The molecule has 170 valence electrons. The number of hydrogen-bond acceptors (Lipinski definition) is 7. The molecule has 1 amide bonds. The SMILES string of the molecule is CCOc1cc(C=C2SC(=S)NC2=O)cc(Cl)c1OCCOCCOc1ccc(C)cc1. The Kier molecular flexibility index (Phi) is 9.23. The summed E-state index contributed by atoms with van der Waals surface area (Å²) >= 11 is 12.7. The maximum absolute atomic E-state index is 11.9. The van der Waals surface area contributed by atoms with Gasteiger partial charge in [-0.2, -0.15) is 0 Å². The van der Waals surface area contributed by atoms with Crippen molar-refractivity contribution in [1.29, 1.82) is 0 Å². The van der Waals surface area contributed by atoms with E-state index in [1.807, 2.05) is 38.1 Å². The summed E-state index contributed by atoms with van der Waals surface area (Å²) in [5, 5.41) is 2.97. The van der Waals surface area contributed by atoms with Gasteiger partial charge in [-0.05, 0) is 49.8 Å². The van der Waals surface area contributed by atoms with Crippen molar-refractivity contribution in [1.82, 2.24) is 5.32 Å². The average molecular weight is 494 g/mol. The van der Waals surface area contributed by atoms with Gasteiger partial charge in [0.05, 0.1) is 29.7 Å². The van der Waals surface area contributed by atoms with Gasteiger partial charge in [0.15, 0.2) is 11.5 Å². The van der Waals surface area contributed by atoms with E-state index < -0.39 is 0 Å². The Labute approximate surface area is 202 Å². The van der Waals surface area contributed by atoms with Crippen LogP contribution in [0.1, 0.15) is 18.1 Å². The van der Waals surface area contributed by atoms with Crippen molar-refractivity contribution >= 4 is 51.9 Å². The molecule has 0 aliphatic carbocycles. The van der Waals surface area contributed by atoms with E-state index in [9.17, 15) is 4.79 Å². The maximum Gasteiger partial charge on any atom is 0.263 e. The molecule has 3 rings (SSSR count). The second-order valence-corrected chi connectivity index (χ2v) is 8.86. The highest BCUT2D eigenvalue weighted by Gasteiger charge is 2.22. The minimum absolute atomic E-state index is 0.224. The second kappa shape index (κ2) is 12.1. The Morgan fingerprint density at radius 1 is 1.06 bits per heavy atom. The number of thioether (sulfide) groups is 1. The van der Waals surface area contributed by atoms with Crippen LogP contribution in [-0.2, 0) is 9.53 Å². The number of benzene rings is 2. The molecule has 32 heavy (non-hydrogen) atoms. The predicted octanol–water partition coefficient (Wildman–Crippen LogP) is 5.01. The van der Waals surface area contributed by atoms with Crippen LogP contribution in [0.25, 0.3) is 6.08 Å². The quantitative estimate of drug-likeness (QED) is 0.268. The number of aryl methyl sites for hydroxylation is 1. The molecule has 1 aliphatic rings. The molecule has 2 aromatic carbocycles. The third kappa shape index (κ3) is 7.13. The fraction of sp³-hybridized carbons (Fsp3) is 0.304. The van der Waals surface area contributed by atoms with Crippen LogP contribution in [0.15, 0.2) is 41.3 Å². The lowest BCUT2D eigenvalue weighted by Crippen LogP contribution is -2.17. The van der Waals surface area contributed by atoms with Gasteiger partial charge in [-0.3, -0.25) is 4.79 Å². The summed E-state index contributed by atoms with van der Waals surface area (Å²) in [5.74, 6) is 1.53. The monoisotopic (exact) mass is 493 g/mol. The summed E-state index contributed by atoms with van der Waals surface area (Å²) in [6.07, 6.45) is 1.72. The first-order valence-electron chi connectivity index (χ1n) is 10.1. The summed E-state index contributed by atoms with van der Waals surface area (Å²) in [6, 6.07) is 11.4. The molecular weight excluding hydrogens is 470 g/mol. The zero-order chi connectivity index (χ0) is 22.9. The van der Waals surface area contributed by atoms with Crippen molar-refractivity contribution in [2.24, 2.45) is 0 Å². The maximum atomic E-state index is 11.9. The average Bonchev–Trinajstić information content (AvgIpc) is 3.07. The number of rotatable bonds is 11. The van der Waals surface area contributed by atoms with Gasteiger partial charge >= 0.3 is 0 Å². The van der Waals surface area contributed by atoms with Gasteiger partial charge in [-0.25, -0.2) is 0 Å². The van der Waals surface area contributed by atoms with E-state index in [0.29, 0.717) is 58.8 Å². The molecule has 0 atom stereocenters. The van der Waals surface area contributed by atoms with Gasteiger partial charge in [0.1, 0.15) is 23.3 Å². The summed E-state index contributed by atoms with van der Waals surface area (Å²) < 4.78 is 23.1. The van der Waals surface area contributed by atoms with Gasteiger partial charge in [-0.15, -0.1) is 0 Å². The topological polar surface area (TPSA) is 66.0 Å². The fourth-order valence-electron chi connectivity index (χ4n) is 2.80. The highest BCUT2D eigenvalue weighted by atomic mass is 35.5. The summed E-state index contributed by atoms with van der Waals surface area (Å²) in [5.41, 5.74) is 1.91. The van der Waals surface area contributed by atoms with Gasteiger partial charge in [-0.1, -0.05) is 53.3 Å². The minimum Gasteiger partial charge on any atom is -0.491 e. The van der Waals surface area contributed by atoms with Crippen molar-refractivity contribution < 1.29 is 23.7 Å². The molecule has 6 nitrogen and oxygen atoms in total. The number of halogens is 1. The predicted molar refractivity (Wildman–Crippen MR) is 132 cm³/mol. The number of thiocarbonyl (C=S) groups is 1. The third-order valence-corrected chi connectivity index (χ3v) is 5.71. The van der Waals surface area contributed by atoms with E-state index in [4.69, 9.17) is 42.8 Å². The molecule has 1 N–H and O–H groups in total. The van der Waals surface area contributed by atoms with E-state index >= 15 is 0 Å². The van der Waals surface area contributed by atoms with Crippen molar-refractivity contribution in [3.63, 3.8) is 0 Å². The zero-order valence-corrected chi connectivity index (χ0v) is 20.2. The lowest BCUT2D eigenvalue weighted by Gasteiger charge is -2.15. The first kappa shape index (κ1) is 24.4. The number of amides is 1. The van der Waals surface area contributed by atoms with Gasteiger partial charge in [0.2, 0.25) is 0 Å². The number of carbonyl (C=O) groups is 1. The Bertz CT molecular complexity index is 995. The molecule has 1 aliphatic heterocycles. The summed E-state index contributed by atoms with van der Waals surface area (Å²) in [6.45, 7) is 5.92. The molecule has 1 heterocycles. The molecule has 0 bridgehead atoms. The minimum atomic E-state index is -0.224. The lowest BCUT2D eigenvalue weighted by atomic mass is 10.2. The van der Waals surface area contributed by atoms with Crippen LogP contribution in [0.5, 0.6) is 17.2 Å². The molecule has 0 radical (unpaired) electrons. The Balaban J connectivity index is 1.50. The zero-order valence-electron chi connectivity index (χ0n) is 17.8. The van der Waals surface area contributed by atoms with Crippen LogP contribution < -0.4 is 19.5 Å². The molecule has 0 saturated carbocycles. The standard InChI is InChI=1S/C23H24ClNO5S2/c1-3-28-19-13-16(14-20-22(26)25-23(31)32-20)12-18(24)21(19)30-11-9-27-8-10-29-17-6-4-15(2)5-7-17/h4-7,12-14H,3,8-11H2,1-2H3,(H,25,26,31). The molecular formula is C23H24ClNO5S2. The van der Waals surface area contributed by atoms with Crippen LogP contribution in [0.2, 0.25) is 5.02 Å². The number of hydrogen-bond donors (Lipinski definition) is 1. The first-order valence-corrected chi connectivity index (χ1v) is 11.7. The highest BCUT2D eigenvalue weighted by molar-refractivity contribution is 8.26. The first-order chi connectivity index (χ1) is 15.5. The van der Waals surface area contributed by atoms with Crippen LogP contribution in [-0.4, -0.2) is 43.3 Å². The Morgan fingerprint density at radius 2 is 1.78 bits per heavy atom. The number of nitrogens with one attached hydrogen (secondary N) is 1. The summed E-state index contributed by atoms with van der Waals surface area (Å²) in [4.78, 5) is 12.4.